The molecule has 1 fully saturated rings. The fourth-order valence-electron chi connectivity index (χ4n) is 2.21. The number of rotatable bonds is 4. The highest BCUT2D eigenvalue weighted by Crippen LogP contribution is 2.30. The summed E-state index contributed by atoms with van der Waals surface area (Å²) < 4.78 is 0.609. The first-order chi connectivity index (χ1) is 9.00. The number of hydrogen-bond donors (Lipinski definition) is 2. The Morgan fingerprint density at radius 1 is 1.58 bits per heavy atom. The number of nitro groups is 1. The first kappa shape index (κ1) is 14.2. The topological polar surface area (TPSA) is 80.1 Å². The van der Waals surface area contributed by atoms with Crippen LogP contribution in [0.25, 0.3) is 0 Å². The molecule has 0 saturated carbocycles. The molecule has 0 atom stereocenters. The van der Waals surface area contributed by atoms with E-state index in [0.717, 1.165) is 25.9 Å². The number of halogens is 1. The van der Waals surface area contributed by atoms with Gasteiger partial charge in [-0.05, 0) is 47.3 Å². The highest BCUT2D eigenvalue weighted by atomic mass is 79.9. The van der Waals surface area contributed by atoms with Gasteiger partial charge < -0.3 is 10.6 Å². The van der Waals surface area contributed by atoms with Crippen molar-refractivity contribution in [1.82, 2.24) is 10.3 Å². The van der Waals surface area contributed by atoms with E-state index in [9.17, 15) is 10.1 Å². The maximum absolute atomic E-state index is 11.0. The van der Waals surface area contributed by atoms with Gasteiger partial charge in [0.05, 0.1) is 4.92 Å². The van der Waals surface area contributed by atoms with Gasteiger partial charge in [-0.15, -0.1) is 0 Å². The highest BCUT2D eigenvalue weighted by Gasteiger charge is 2.27. The molecule has 1 aromatic rings. The lowest BCUT2D eigenvalue weighted by atomic mass is 9.81. The van der Waals surface area contributed by atoms with Gasteiger partial charge in [-0.2, -0.15) is 0 Å². The summed E-state index contributed by atoms with van der Waals surface area (Å²) in [5.74, 6) is 0.341. The lowest BCUT2D eigenvalue weighted by Gasteiger charge is -2.34. The summed E-state index contributed by atoms with van der Waals surface area (Å²) in [5.41, 5.74) is 0.167. The molecule has 0 aliphatic carbocycles. The van der Waals surface area contributed by atoms with E-state index in [0.29, 0.717) is 16.8 Å². The van der Waals surface area contributed by atoms with E-state index in [1.807, 2.05) is 0 Å². The molecular formula is C12H17BrN4O2. The number of anilines is 1. The average molecular weight is 329 g/mol. The van der Waals surface area contributed by atoms with E-state index >= 15 is 0 Å². The molecule has 2 rings (SSSR count). The second kappa shape index (κ2) is 5.83. The van der Waals surface area contributed by atoms with Crippen LogP contribution < -0.4 is 10.6 Å². The zero-order valence-electron chi connectivity index (χ0n) is 10.8. The molecule has 1 aliphatic rings. The van der Waals surface area contributed by atoms with Crippen LogP contribution in [0.4, 0.5) is 11.5 Å². The van der Waals surface area contributed by atoms with E-state index in [4.69, 9.17) is 0 Å². The third kappa shape index (κ3) is 3.63. The van der Waals surface area contributed by atoms with Crippen LogP contribution in [0.3, 0.4) is 0 Å². The summed E-state index contributed by atoms with van der Waals surface area (Å²) >= 11 is 3.20. The Hall–Kier alpha value is -1.21. The molecule has 1 aromatic heterocycles. The smallest absolute Gasteiger partial charge is 0.312 e. The second-order valence-electron chi connectivity index (χ2n) is 5.19. The maximum Gasteiger partial charge on any atom is 0.312 e. The summed E-state index contributed by atoms with van der Waals surface area (Å²) in [6.07, 6.45) is 3.69. The summed E-state index contributed by atoms with van der Waals surface area (Å²) in [7, 11) is 0. The maximum atomic E-state index is 11.0. The van der Waals surface area contributed by atoms with Crippen molar-refractivity contribution in [3.05, 3.63) is 26.9 Å². The van der Waals surface area contributed by atoms with E-state index in [2.05, 4.69) is 38.5 Å². The van der Waals surface area contributed by atoms with Gasteiger partial charge >= 0.3 is 5.69 Å². The van der Waals surface area contributed by atoms with E-state index in [1.54, 1.807) is 6.20 Å². The number of hydrogen-bond acceptors (Lipinski definition) is 5. The second-order valence-corrected chi connectivity index (χ2v) is 6.11. The van der Waals surface area contributed by atoms with Crippen LogP contribution >= 0.6 is 15.9 Å². The number of nitrogens with zero attached hydrogens (tertiary/aromatic N) is 2. The van der Waals surface area contributed by atoms with E-state index in [-0.39, 0.29) is 11.1 Å². The van der Waals surface area contributed by atoms with Gasteiger partial charge in [0.25, 0.3) is 0 Å². The zero-order valence-corrected chi connectivity index (χ0v) is 12.4. The quantitative estimate of drug-likeness (QED) is 0.655. The van der Waals surface area contributed by atoms with Gasteiger partial charge in [0.2, 0.25) is 5.82 Å². The number of piperidine rings is 1. The van der Waals surface area contributed by atoms with Gasteiger partial charge in [0.1, 0.15) is 0 Å². The standard InChI is InChI=1S/C12H17BrN4O2/c1-12(2-4-14-5-3-12)8-16-11-10(17(18)19)6-9(13)7-15-11/h6-7,14H,2-5,8H2,1H3,(H,15,16). The van der Waals surface area contributed by atoms with Gasteiger partial charge in [-0.25, -0.2) is 4.98 Å². The van der Waals surface area contributed by atoms with Crippen LogP contribution in [0.1, 0.15) is 19.8 Å². The lowest BCUT2D eigenvalue weighted by Crippen LogP contribution is -2.39. The van der Waals surface area contributed by atoms with Crippen molar-refractivity contribution in [2.24, 2.45) is 5.41 Å². The minimum Gasteiger partial charge on any atom is -0.364 e. The van der Waals surface area contributed by atoms with Crippen molar-refractivity contribution in [3.8, 4) is 0 Å². The van der Waals surface area contributed by atoms with Crippen LogP contribution in [0.15, 0.2) is 16.7 Å². The Kier molecular flexibility index (Phi) is 4.36. The van der Waals surface area contributed by atoms with Crippen molar-refractivity contribution in [1.29, 1.82) is 0 Å². The van der Waals surface area contributed by atoms with Crippen molar-refractivity contribution < 1.29 is 4.92 Å². The minimum atomic E-state index is -0.412. The van der Waals surface area contributed by atoms with Crippen molar-refractivity contribution in [3.63, 3.8) is 0 Å². The van der Waals surface area contributed by atoms with Crippen LogP contribution in [-0.4, -0.2) is 29.5 Å². The van der Waals surface area contributed by atoms with Crippen molar-refractivity contribution >= 4 is 27.4 Å². The summed E-state index contributed by atoms with van der Waals surface area (Å²) in [5, 5.41) is 17.4. The number of nitrogens with one attached hydrogen (secondary N) is 2. The van der Waals surface area contributed by atoms with Gasteiger partial charge in [0, 0.05) is 23.3 Å². The lowest BCUT2D eigenvalue weighted by molar-refractivity contribution is -0.384. The molecule has 1 saturated heterocycles. The Morgan fingerprint density at radius 3 is 2.89 bits per heavy atom. The molecule has 1 aliphatic heterocycles. The van der Waals surface area contributed by atoms with Gasteiger partial charge in [-0.3, -0.25) is 10.1 Å². The predicted octanol–water partition coefficient (Wildman–Crippen LogP) is 2.55. The molecule has 2 N–H and O–H groups in total. The molecule has 104 valence electrons. The molecule has 19 heavy (non-hydrogen) atoms. The van der Waals surface area contributed by atoms with Gasteiger partial charge in [0.15, 0.2) is 0 Å². The van der Waals surface area contributed by atoms with Crippen LogP contribution in [0.5, 0.6) is 0 Å². The Morgan fingerprint density at radius 2 is 2.26 bits per heavy atom. The van der Waals surface area contributed by atoms with Crippen LogP contribution in [0.2, 0.25) is 0 Å². The molecule has 0 bridgehead atoms. The predicted molar refractivity (Wildman–Crippen MR) is 77.3 cm³/mol. The van der Waals surface area contributed by atoms with Crippen LogP contribution in [-0.2, 0) is 0 Å². The Bertz CT molecular complexity index is 475. The molecular weight excluding hydrogens is 312 g/mol. The molecule has 0 aromatic carbocycles. The van der Waals surface area contributed by atoms with Crippen LogP contribution in [0, 0.1) is 15.5 Å². The van der Waals surface area contributed by atoms with Gasteiger partial charge in [-0.1, -0.05) is 6.92 Å². The van der Waals surface area contributed by atoms with Crippen molar-refractivity contribution in [2.75, 3.05) is 25.0 Å². The first-order valence-corrected chi connectivity index (χ1v) is 7.04. The zero-order chi connectivity index (χ0) is 13.9. The normalized spacial score (nSPS) is 18.0. The Labute approximate surface area is 120 Å². The largest absolute Gasteiger partial charge is 0.364 e. The number of pyridine rings is 1. The molecule has 6 nitrogen and oxygen atoms in total. The fraction of sp³-hybridized carbons (Fsp3) is 0.583. The highest BCUT2D eigenvalue weighted by molar-refractivity contribution is 9.10. The minimum absolute atomic E-state index is 0.00640. The molecule has 2 heterocycles. The molecule has 0 spiro atoms. The summed E-state index contributed by atoms with van der Waals surface area (Å²) in [4.78, 5) is 14.7. The third-order valence-corrected chi connectivity index (χ3v) is 3.96. The summed E-state index contributed by atoms with van der Waals surface area (Å²) in [6.45, 7) is 4.89. The van der Waals surface area contributed by atoms with Crippen molar-refractivity contribution in [2.45, 2.75) is 19.8 Å². The SMILES string of the molecule is CC1(CNc2ncc(Br)cc2[N+](=O)[O-])CCNCC1. The van der Waals surface area contributed by atoms with E-state index < -0.39 is 4.92 Å². The number of aromatic nitrogens is 1. The fourth-order valence-corrected chi connectivity index (χ4v) is 2.53. The molecule has 0 radical (unpaired) electrons. The molecule has 0 unspecified atom stereocenters. The monoisotopic (exact) mass is 328 g/mol. The van der Waals surface area contributed by atoms with E-state index in [1.165, 1.54) is 6.07 Å². The molecule has 0 amide bonds. The summed E-state index contributed by atoms with van der Waals surface area (Å²) in [6, 6.07) is 1.47. The first-order valence-electron chi connectivity index (χ1n) is 6.25. The Balaban J connectivity index is 2.08. The average Bonchev–Trinajstić information content (AvgIpc) is 2.38. The third-order valence-electron chi connectivity index (χ3n) is 3.52. The molecule has 7 heteroatoms.